The molecule has 3 aromatic rings. The average molecular weight is 350 g/mol. The highest BCUT2D eigenvalue weighted by atomic mass is 16.5. The molecule has 2 atom stereocenters. The summed E-state index contributed by atoms with van der Waals surface area (Å²) in [5, 5.41) is 0. The Morgan fingerprint density at radius 3 is 2.92 bits per heavy atom. The van der Waals surface area contributed by atoms with Gasteiger partial charge >= 0.3 is 5.97 Å². The first-order valence-electron chi connectivity index (χ1n) is 8.48. The Labute approximate surface area is 150 Å². The average Bonchev–Trinajstić information content (AvgIpc) is 2.94. The monoisotopic (exact) mass is 350 g/mol. The van der Waals surface area contributed by atoms with E-state index in [1.807, 2.05) is 19.1 Å². The number of hydrogen-bond acceptors (Lipinski definition) is 5. The predicted octanol–water partition coefficient (Wildman–Crippen LogP) is 2.94. The van der Waals surface area contributed by atoms with Crippen LogP contribution in [0.1, 0.15) is 41.4 Å². The summed E-state index contributed by atoms with van der Waals surface area (Å²) in [5.41, 5.74) is 2.11. The van der Waals surface area contributed by atoms with Gasteiger partial charge in [-0.2, -0.15) is 0 Å². The van der Waals surface area contributed by atoms with Gasteiger partial charge in [-0.3, -0.25) is 9.20 Å². The lowest BCUT2D eigenvalue weighted by molar-refractivity contribution is 0.0462. The fourth-order valence-corrected chi connectivity index (χ4v) is 3.14. The van der Waals surface area contributed by atoms with Crippen molar-refractivity contribution in [2.45, 2.75) is 32.5 Å². The van der Waals surface area contributed by atoms with Crippen LogP contribution in [0.25, 0.3) is 5.65 Å². The quantitative estimate of drug-likeness (QED) is 0.679. The molecule has 0 radical (unpaired) electrons. The molecule has 0 saturated carbocycles. The molecule has 2 aromatic heterocycles. The van der Waals surface area contributed by atoms with Crippen molar-refractivity contribution in [2.24, 2.45) is 0 Å². The first-order valence-corrected chi connectivity index (χ1v) is 8.48. The molecule has 3 heterocycles. The first-order chi connectivity index (χ1) is 12.5. The molecule has 6 nitrogen and oxygen atoms in total. The topological polar surface area (TPSA) is 69.9 Å². The van der Waals surface area contributed by atoms with E-state index in [0.29, 0.717) is 22.7 Å². The molecule has 0 saturated heterocycles. The van der Waals surface area contributed by atoms with Crippen LogP contribution < -0.4 is 10.3 Å². The molecule has 0 bridgehead atoms. The van der Waals surface area contributed by atoms with Gasteiger partial charge in [0, 0.05) is 23.7 Å². The second-order valence-corrected chi connectivity index (χ2v) is 6.43. The normalized spacial score (nSPS) is 18.4. The number of nitrogens with zero attached hydrogens (tertiary/aromatic N) is 2. The maximum atomic E-state index is 12.5. The number of carbonyl (C=O) groups is 1. The van der Waals surface area contributed by atoms with E-state index < -0.39 is 5.97 Å². The van der Waals surface area contributed by atoms with Gasteiger partial charge in [0.25, 0.3) is 5.56 Å². The summed E-state index contributed by atoms with van der Waals surface area (Å²) in [4.78, 5) is 29.0. The van der Waals surface area contributed by atoms with Crippen molar-refractivity contribution in [3.05, 3.63) is 75.8 Å². The Hall–Kier alpha value is -3.15. The highest BCUT2D eigenvalue weighted by molar-refractivity contribution is 5.93. The molecule has 1 aliphatic heterocycles. The zero-order chi connectivity index (χ0) is 18.3. The molecule has 0 fully saturated rings. The van der Waals surface area contributed by atoms with E-state index in [0.717, 1.165) is 5.56 Å². The van der Waals surface area contributed by atoms with Crippen LogP contribution >= 0.6 is 0 Å². The number of rotatable bonds is 3. The number of carbonyl (C=O) groups excluding carboxylic acids is 1. The predicted molar refractivity (Wildman–Crippen MR) is 95.5 cm³/mol. The zero-order valence-electron chi connectivity index (χ0n) is 14.5. The van der Waals surface area contributed by atoms with E-state index in [1.165, 1.54) is 10.5 Å². The van der Waals surface area contributed by atoms with Crippen LogP contribution in [0.3, 0.4) is 0 Å². The molecule has 0 aliphatic carbocycles. The number of aromatic nitrogens is 2. The third-order valence-corrected chi connectivity index (χ3v) is 4.74. The highest BCUT2D eigenvalue weighted by Crippen LogP contribution is 2.40. The fraction of sp³-hybridized carbons (Fsp3) is 0.250. The van der Waals surface area contributed by atoms with Gasteiger partial charge in [0.2, 0.25) is 0 Å². The van der Waals surface area contributed by atoms with Crippen molar-refractivity contribution in [2.75, 3.05) is 0 Å². The van der Waals surface area contributed by atoms with E-state index in [1.54, 1.807) is 30.5 Å². The van der Waals surface area contributed by atoms with E-state index in [4.69, 9.17) is 9.47 Å². The van der Waals surface area contributed by atoms with E-state index >= 15 is 0 Å². The molecular formula is C20H18N2O4. The molecule has 0 unspecified atom stereocenters. The van der Waals surface area contributed by atoms with Gasteiger partial charge in [-0.05, 0) is 25.1 Å². The summed E-state index contributed by atoms with van der Waals surface area (Å²) in [6, 6.07) is 12.1. The second-order valence-electron chi connectivity index (χ2n) is 6.43. The summed E-state index contributed by atoms with van der Waals surface area (Å²) in [6.45, 7) is 3.97. The van der Waals surface area contributed by atoms with Gasteiger partial charge < -0.3 is 9.47 Å². The molecule has 0 spiro atoms. The zero-order valence-corrected chi connectivity index (χ0v) is 14.5. The van der Waals surface area contributed by atoms with Crippen molar-refractivity contribution < 1.29 is 14.3 Å². The Morgan fingerprint density at radius 1 is 1.23 bits per heavy atom. The maximum Gasteiger partial charge on any atom is 0.342 e. The van der Waals surface area contributed by atoms with Crippen molar-refractivity contribution >= 4 is 11.6 Å². The first kappa shape index (κ1) is 16.3. The SMILES string of the molecule is C[C@H]1Oc2c(C(=O)OCc3cc(=O)n4ccccc4n3)cccc2[C@@H]1C. The Morgan fingerprint density at radius 2 is 2.08 bits per heavy atom. The third-order valence-electron chi connectivity index (χ3n) is 4.74. The summed E-state index contributed by atoms with van der Waals surface area (Å²) in [7, 11) is 0. The molecule has 1 aromatic carbocycles. The summed E-state index contributed by atoms with van der Waals surface area (Å²) >= 11 is 0. The van der Waals surface area contributed by atoms with Gasteiger partial charge in [0.1, 0.15) is 29.7 Å². The third kappa shape index (κ3) is 2.73. The molecule has 26 heavy (non-hydrogen) atoms. The standard InChI is InChI=1S/C20H18N2O4/c1-12-13(2)26-19-15(12)6-5-7-16(19)20(24)25-11-14-10-18(23)22-9-4-3-8-17(22)21-14/h3-10,12-13H,11H2,1-2H3/t12-,13-/m1/s1. The maximum absolute atomic E-state index is 12.5. The Kier molecular flexibility index (Phi) is 3.95. The van der Waals surface area contributed by atoms with Crippen molar-refractivity contribution in [1.29, 1.82) is 0 Å². The lowest BCUT2D eigenvalue weighted by atomic mass is 9.97. The van der Waals surface area contributed by atoms with Crippen LogP contribution in [0.2, 0.25) is 0 Å². The lowest BCUT2D eigenvalue weighted by Gasteiger charge is -2.10. The fourth-order valence-electron chi connectivity index (χ4n) is 3.14. The van der Waals surface area contributed by atoms with Crippen LogP contribution in [0, 0.1) is 0 Å². The second kappa shape index (κ2) is 6.29. The van der Waals surface area contributed by atoms with Crippen LogP contribution in [-0.4, -0.2) is 21.5 Å². The summed E-state index contributed by atoms with van der Waals surface area (Å²) in [5.74, 6) is 0.321. The molecule has 1 aliphatic rings. The van der Waals surface area contributed by atoms with Gasteiger partial charge in [-0.1, -0.05) is 25.1 Å². The number of ether oxygens (including phenoxy) is 2. The van der Waals surface area contributed by atoms with Crippen molar-refractivity contribution in [1.82, 2.24) is 9.38 Å². The van der Waals surface area contributed by atoms with Crippen LogP contribution in [-0.2, 0) is 11.3 Å². The van der Waals surface area contributed by atoms with Gasteiger partial charge in [0.15, 0.2) is 0 Å². The molecule has 0 N–H and O–H groups in total. The summed E-state index contributed by atoms with van der Waals surface area (Å²) in [6.07, 6.45) is 1.66. The molecule has 6 heteroatoms. The van der Waals surface area contributed by atoms with Crippen LogP contribution in [0.5, 0.6) is 5.75 Å². The van der Waals surface area contributed by atoms with Gasteiger partial charge in [-0.15, -0.1) is 0 Å². The lowest BCUT2D eigenvalue weighted by Crippen LogP contribution is -2.16. The molecule has 132 valence electrons. The van der Waals surface area contributed by atoms with E-state index in [-0.39, 0.29) is 24.2 Å². The molecule has 4 rings (SSSR count). The van der Waals surface area contributed by atoms with Crippen molar-refractivity contribution in [3.8, 4) is 5.75 Å². The van der Waals surface area contributed by atoms with Crippen LogP contribution in [0.15, 0.2) is 53.5 Å². The number of benzene rings is 1. The Bertz CT molecular complexity index is 1060. The highest BCUT2D eigenvalue weighted by Gasteiger charge is 2.31. The number of esters is 1. The van der Waals surface area contributed by atoms with Gasteiger partial charge in [0.05, 0.1) is 5.69 Å². The van der Waals surface area contributed by atoms with Gasteiger partial charge in [-0.25, -0.2) is 9.78 Å². The minimum Gasteiger partial charge on any atom is -0.489 e. The molecular weight excluding hydrogens is 332 g/mol. The minimum atomic E-state index is -0.488. The Balaban J connectivity index is 1.57. The number of para-hydroxylation sites is 1. The van der Waals surface area contributed by atoms with E-state index in [2.05, 4.69) is 11.9 Å². The molecule has 0 amide bonds. The smallest absolute Gasteiger partial charge is 0.342 e. The number of pyridine rings is 1. The minimum absolute atomic E-state index is 0.0150. The van der Waals surface area contributed by atoms with Crippen molar-refractivity contribution in [3.63, 3.8) is 0 Å². The van der Waals surface area contributed by atoms with E-state index in [9.17, 15) is 9.59 Å². The van der Waals surface area contributed by atoms with Crippen LogP contribution in [0.4, 0.5) is 0 Å². The number of hydrogen-bond donors (Lipinski definition) is 0. The largest absolute Gasteiger partial charge is 0.489 e. The number of fused-ring (bicyclic) bond motifs is 2. The summed E-state index contributed by atoms with van der Waals surface area (Å²) < 4.78 is 12.7.